The van der Waals surface area contributed by atoms with Gasteiger partial charge in [-0.25, -0.2) is 4.98 Å². The molecule has 3 aromatic rings. The van der Waals surface area contributed by atoms with Gasteiger partial charge < -0.3 is 10.6 Å². The van der Waals surface area contributed by atoms with Crippen molar-refractivity contribution in [3.8, 4) is 0 Å². The fourth-order valence-corrected chi connectivity index (χ4v) is 3.49. The van der Waals surface area contributed by atoms with Gasteiger partial charge in [-0.2, -0.15) is 0 Å². The van der Waals surface area contributed by atoms with Gasteiger partial charge in [0.15, 0.2) is 5.11 Å². The number of carbonyl (C=O) groups excluding carboxylic acids is 1. The van der Waals surface area contributed by atoms with Crippen molar-refractivity contribution in [1.29, 1.82) is 0 Å². The van der Waals surface area contributed by atoms with E-state index in [0.717, 1.165) is 22.6 Å². The highest BCUT2D eigenvalue weighted by atomic mass is 32.1. The summed E-state index contributed by atoms with van der Waals surface area (Å²) in [5.41, 5.74) is 3.08. The molecule has 0 bridgehead atoms. The van der Waals surface area contributed by atoms with Crippen molar-refractivity contribution < 1.29 is 4.79 Å². The molecule has 2 N–H and O–H groups in total. The predicted octanol–water partition coefficient (Wildman–Crippen LogP) is 4.11. The average molecular weight is 355 g/mol. The lowest BCUT2D eigenvalue weighted by Gasteiger charge is -2.09. The van der Waals surface area contributed by atoms with Gasteiger partial charge in [0.1, 0.15) is 0 Å². The van der Waals surface area contributed by atoms with E-state index in [0.29, 0.717) is 11.5 Å². The third kappa shape index (κ3) is 4.15. The van der Waals surface area contributed by atoms with Crippen molar-refractivity contribution in [2.75, 3.05) is 5.32 Å². The summed E-state index contributed by atoms with van der Waals surface area (Å²) in [6.07, 6.45) is 1.21. The Balaban J connectivity index is 1.64. The number of hydrogen-bond donors (Lipinski definition) is 2. The standard InChI is InChI=1S/C18H17N3OS2/c1-2-16(22)21-18(23)19-13-9-7-12(8-10-13)11-17-20-14-5-3-4-6-15(14)24-17/h3-10H,2,11H2,1H3,(H2,19,21,22,23). The number of fused-ring (bicyclic) bond motifs is 1. The number of aromatic nitrogens is 1. The topological polar surface area (TPSA) is 54.0 Å². The molecule has 0 unspecified atom stereocenters. The van der Waals surface area contributed by atoms with Crippen molar-refractivity contribution in [3.05, 3.63) is 59.1 Å². The Morgan fingerprint density at radius 1 is 1.17 bits per heavy atom. The second-order valence-electron chi connectivity index (χ2n) is 5.30. The summed E-state index contributed by atoms with van der Waals surface area (Å²) in [6, 6.07) is 16.2. The number of hydrogen-bond acceptors (Lipinski definition) is 4. The smallest absolute Gasteiger partial charge is 0.225 e. The first-order chi connectivity index (χ1) is 11.6. The van der Waals surface area contributed by atoms with Gasteiger partial charge in [-0.05, 0) is 42.0 Å². The molecule has 1 amide bonds. The summed E-state index contributed by atoms with van der Waals surface area (Å²) >= 11 is 6.82. The maximum Gasteiger partial charge on any atom is 0.225 e. The lowest BCUT2D eigenvalue weighted by Crippen LogP contribution is -2.33. The van der Waals surface area contributed by atoms with Gasteiger partial charge >= 0.3 is 0 Å². The maximum atomic E-state index is 11.3. The molecule has 4 nitrogen and oxygen atoms in total. The van der Waals surface area contributed by atoms with Gasteiger partial charge in [0.25, 0.3) is 0 Å². The molecule has 0 atom stereocenters. The minimum Gasteiger partial charge on any atom is -0.332 e. The van der Waals surface area contributed by atoms with E-state index in [-0.39, 0.29) is 5.91 Å². The Morgan fingerprint density at radius 2 is 1.92 bits per heavy atom. The molecule has 0 saturated heterocycles. The lowest BCUT2D eigenvalue weighted by molar-refractivity contribution is -0.119. The molecule has 24 heavy (non-hydrogen) atoms. The maximum absolute atomic E-state index is 11.3. The Hall–Kier alpha value is -2.31. The monoisotopic (exact) mass is 355 g/mol. The third-order valence-electron chi connectivity index (χ3n) is 3.48. The van der Waals surface area contributed by atoms with Crippen molar-refractivity contribution in [3.63, 3.8) is 0 Å². The molecule has 0 fully saturated rings. The summed E-state index contributed by atoms with van der Waals surface area (Å²) < 4.78 is 1.21. The number of nitrogens with zero attached hydrogens (tertiary/aromatic N) is 1. The second kappa shape index (κ2) is 7.51. The molecule has 0 aliphatic rings. The van der Waals surface area contributed by atoms with Crippen LogP contribution in [0.5, 0.6) is 0 Å². The van der Waals surface area contributed by atoms with Gasteiger partial charge in [-0.3, -0.25) is 4.79 Å². The van der Waals surface area contributed by atoms with Crippen LogP contribution in [0.25, 0.3) is 10.2 Å². The molecule has 2 aromatic carbocycles. The molecular weight excluding hydrogens is 338 g/mol. The first-order valence-electron chi connectivity index (χ1n) is 7.68. The van der Waals surface area contributed by atoms with Crippen LogP contribution in [0, 0.1) is 0 Å². The van der Waals surface area contributed by atoms with Crippen LogP contribution in [0.15, 0.2) is 48.5 Å². The van der Waals surface area contributed by atoms with Crippen LogP contribution >= 0.6 is 23.6 Å². The number of thiazole rings is 1. The van der Waals surface area contributed by atoms with Crippen molar-refractivity contribution in [2.45, 2.75) is 19.8 Å². The van der Waals surface area contributed by atoms with Crippen LogP contribution in [0.4, 0.5) is 5.69 Å². The summed E-state index contributed by atoms with van der Waals surface area (Å²) in [5, 5.41) is 7.05. The van der Waals surface area contributed by atoms with Crippen LogP contribution in [0.1, 0.15) is 23.9 Å². The summed E-state index contributed by atoms with van der Waals surface area (Å²) in [6.45, 7) is 1.79. The van der Waals surface area contributed by atoms with E-state index >= 15 is 0 Å². The molecule has 0 aliphatic carbocycles. The largest absolute Gasteiger partial charge is 0.332 e. The van der Waals surface area contributed by atoms with E-state index in [2.05, 4.69) is 21.7 Å². The second-order valence-corrected chi connectivity index (χ2v) is 6.83. The van der Waals surface area contributed by atoms with E-state index in [1.807, 2.05) is 42.5 Å². The fraction of sp³-hybridized carbons (Fsp3) is 0.167. The van der Waals surface area contributed by atoms with Crippen LogP contribution in [-0.2, 0) is 11.2 Å². The molecular formula is C18H17N3OS2. The van der Waals surface area contributed by atoms with Gasteiger partial charge in [0.2, 0.25) is 5.91 Å². The van der Waals surface area contributed by atoms with E-state index in [4.69, 9.17) is 12.2 Å². The van der Waals surface area contributed by atoms with Gasteiger partial charge in [0.05, 0.1) is 15.2 Å². The van der Waals surface area contributed by atoms with Crippen molar-refractivity contribution >= 4 is 50.5 Å². The third-order valence-corrected chi connectivity index (χ3v) is 4.72. The van der Waals surface area contributed by atoms with Crippen molar-refractivity contribution in [2.24, 2.45) is 0 Å². The summed E-state index contributed by atoms with van der Waals surface area (Å²) in [4.78, 5) is 16.0. The highest BCUT2D eigenvalue weighted by Gasteiger charge is 2.05. The Morgan fingerprint density at radius 3 is 2.62 bits per heavy atom. The summed E-state index contributed by atoms with van der Waals surface area (Å²) in [7, 11) is 0. The number of carbonyl (C=O) groups is 1. The van der Waals surface area contributed by atoms with Gasteiger partial charge in [-0.1, -0.05) is 31.2 Å². The number of anilines is 1. The summed E-state index contributed by atoms with van der Waals surface area (Å²) in [5.74, 6) is -0.0973. The molecule has 1 aromatic heterocycles. The molecule has 0 radical (unpaired) electrons. The number of rotatable bonds is 4. The van der Waals surface area contributed by atoms with E-state index in [1.165, 1.54) is 10.3 Å². The highest BCUT2D eigenvalue weighted by molar-refractivity contribution is 7.80. The quantitative estimate of drug-likeness (QED) is 0.692. The molecule has 122 valence electrons. The number of nitrogens with one attached hydrogen (secondary N) is 2. The van der Waals surface area contributed by atoms with Crippen molar-refractivity contribution in [1.82, 2.24) is 10.3 Å². The first-order valence-corrected chi connectivity index (χ1v) is 8.90. The van der Waals surface area contributed by atoms with Gasteiger partial charge in [-0.15, -0.1) is 11.3 Å². The zero-order valence-electron chi connectivity index (χ0n) is 13.2. The zero-order valence-corrected chi connectivity index (χ0v) is 14.8. The minimum absolute atomic E-state index is 0.0973. The first kappa shape index (κ1) is 16.5. The van der Waals surface area contributed by atoms with E-state index < -0.39 is 0 Å². The molecule has 0 aliphatic heterocycles. The van der Waals surface area contributed by atoms with Crippen LogP contribution in [-0.4, -0.2) is 16.0 Å². The number of thiocarbonyl (C=S) groups is 1. The Labute approximate surface area is 149 Å². The highest BCUT2D eigenvalue weighted by Crippen LogP contribution is 2.24. The van der Waals surface area contributed by atoms with Crippen LogP contribution in [0.3, 0.4) is 0 Å². The molecule has 6 heteroatoms. The molecule has 1 heterocycles. The number of para-hydroxylation sites is 1. The molecule has 0 spiro atoms. The van der Waals surface area contributed by atoms with E-state index in [9.17, 15) is 4.79 Å². The Bertz CT molecular complexity index is 838. The SMILES string of the molecule is CCC(=O)NC(=S)Nc1ccc(Cc2nc3ccccc3s2)cc1. The number of benzene rings is 2. The lowest BCUT2D eigenvalue weighted by atomic mass is 10.1. The zero-order chi connectivity index (χ0) is 16.9. The van der Waals surface area contributed by atoms with Crippen LogP contribution < -0.4 is 10.6 Å². The molecule has 0 saturated carbocycles. The average Bonchev–Trinajstić information content (AvgIpc) is 2.98. The minimum atomic E-state index is -0.0973. The number of amides is 1. The van der Waals surface area contributed by atoms with Gasteiger partial charge in [0, 0.05) is 18.5 Å². The molecule has 3 rings (SSSR count). The predicted molar refractivity (Wildman–Crippen MR) is 104 cm³/mol. The van der Waals surface area contributed by atoms with E-state index in [1.54, 1.807) is 18.3 Å². The fourth-order valence-electron chi connectivity index (χ4n) is 2.25. The normalized spacial score (nSPS) is 10.5. The van der Waals surface area contributed by atoms with Crippen LogP contribution in [0.2, 0.25) is 0 Å². The Kier molecular flexibility index (Phi) is 5.17.